The second kappa shape index (κ2) is 8.26. The number of benzene rings is 1. The summed E-state index contributed by atoms with van der Waals surface area (Å²) in [7, 11) is 0. The largest absolute Gasteiger partial charge is 0.480 e. The summed E-state index contributed by atoms with van der Waals surface area (Å²) in [6.45, 7) is 1.43. The van der Waals surface area contributed by atoms with Crippen LogP contribution in [-0.4, -0.2) is 36.1 Å². The van der Waals surface area contributed by atoms with Gasteiger partial charge in [0, 0.05) is 17.1 Å². The number of aliphatic carboxylic acids is 1. The number of hydrogen-bond acceptors (Lipinski definition) is 4. The van der Waals surface area contributed by atoms with E-state index in [2.05, 4.69) is 0 Å². The standard InChI is InChI=1S/C14H16ClNO5/c1-2-21-14(20)8-7-12(17)16(9-13(18)19)11-5-3-10(15)4-6-11/h3-6H,2,7-9H2,1H3,(H,18,19). The van der Waals surface area contributed by atoms with Gasteiger partial charge in [0.15, 0.2) is 0 Å². The molecule has 0 radical (unpaired) electrons. The van der Waals surface area contributed by atoms with Crippen LogP contribution in [0.15, 0.2) is 24.3 Å². The van der Waals surface area contributed by atoms with Gasteiger partial charge in [0.2, 0.25) is 5.91 Å². The molecule has 1 N–H and O–H groups in total. The topological polar surface area (TPSA) is 83.9 Å². The lowest BCUT2D eigenvalue weighted by molar-refractivity contribution is -0.144. The molecule has 0 saturated carbocycles. The van der Waals surface area contributed by atoms with Gasteiger partial charge in [0.05, 0.1) is 13.0 Å². The Balaban J connectivity index is 2.77. The number of halogens is 1. The molecule has 1 aromatic carbocycles. The number of anilines is 1. The Hall–Kier alpha value is -2.08. The van der Waals surface area contributed by atoms with Crippen molar-refractivity contribution < 1.29 is 24.2 Å². The first-order valence-electron chi connectivity index (χ1n) is 6.37. The van der Waals surface area contributed by atoms with E-state index < -0.39 is 24.4 Å². The molecule has 0 heterocycles. The fourth-order valence-electron chi connectivity index (χ4n) is 1.66. The van der Waals surface area contributed by atoms with Crippen molar-refractivity contribution in [3.05, 3.63) is 29.3 Å². The van der Waals surface area contributed by atoms with Crippen molar-refractivity contribution in [2.75, 3.05) is 18.1 Å². The van der Waals surface area contributed by atoms with Gasteiger partial charge in [-0.05, 0) is 31.2 Å². The second-order valence-electron chi connectivity index (χ2n) is 4.16. The van der Waals surface area contributed by atoms with Crippen molar-refractivity contribution in [3.8, 4) is 0 Å². The van der Waals surface area contributed by atoms with Crippen LogP contribution in [0, 0.1) is 0 Å². The molecular weight excluding hydrogens is 298 g/mol. The Morgan fingerprint density at radius 1 is 1.19 bits per heavy atom. The fourth-order valence-corrected chi connectivity index (χ4v) is 1.78. The number of esters is 1. The molecule has 1 aromatic rings. The first kappa shape index (κ1) is 17.0. The Morgan fingerprint density at radius 2 is 1.81 bits per heavy atom. The predicted molar refractivity (Wildman–Crippen MR) is 77.3 cm³/mol. The van der Waals surface area contributed by atoms with Crippen LogP contribution in [0.25, 0.3) is 0 Å². The molecule has 0 atom stereocenters. The van der Waals surface area contributed by atoms with E-state index in [9.17, 15) is 14.4 Å². The van der Waals surface area contributed by atoms with E-state index in [0.717, 1.165) is 4.90 Å². The van der Waals surface area contributed by atoms with Crippen LogP contribution in [0.2, 0.25) is 5.02 Å². The summed E-state index contributed by atoms with van der Waals surface area (Å²) in [6.07, 6.45) is -0.203. The molecule has 0 saturated heterocycles. The van der Waals surface area contributed by atoms with Crippen molar-refractivity contribution in [2.24, 2.45) is 0 Å². The van der Waals surface area contributed by atoms with Crippen LogP contribution in [0.5, 0.6) is 0 Å². The summed E-state index contributed by atoms with van der Waals surface area (Å²) in [5, 5.41) is 9.38. The maximum Gasteiger partial charge on any atom is 0.323 e. The molecule has 7 heteroatoms. The van der Waals surface area contributed by atoms with Crippen molar-refractivity contribution >= 4 is 35.1 Å². The monoisotopic (exact) mass is 313 g/mol. The molecule has 0 unspecified atom stereocenters. The minimum absolute atomic E-state index is 0.0869. The Morgan fingerprint density at radius 3 is 2.33 bits per heavy atom. The summed E-state index contributed by atoms with van der Waals surface area (Å²) in [4.78, 5) is 35.3. The summed E-state index contributed by atoms with van der Waals surface area (Å²) in [6, 6.07) is 6.22. The molecule has 0 aliphatic heterocycles. The highest BCUT2D eigenvalue weighted by Gasteiger charge is 2.19. The summed E-state index contributed by atoms with van der Waals surface area (Å²) in [5.74, 6) is -2.10. The predicted octanol–water partition coefficient (Wildman–Crippen LogP) is 2.10. The van der Waals surface area contributed by atoms with E-state index in [-0.39, 0.29) is 19.4 Å². The van der Waals surface area contributed by atoms with Gasteiger partial charge in [-0.15, -0.1) is 0 Å². The molecule has 21 heavy (non-hydrogen) atoms. The van der Waals surface area contributed by atoms with Gasteiger partial charge >= 0.3 is 11.9 Å². The third-order valence-electron chi connectivity index (χ3n) is 2.58. The van der Waals surface area contributed by atoms with Crippen LogP contribution in [-0.2, 0) is 19.1 Å². The van der Waals surface area contributed by atoms with Crippen LogP contribution < -0.4 is 4.90 Å². The Kier molecular flexibility index (Phi) is 6.68. The fraction of sp³-hybridized carbons (Fsp3) is 0.357. The summed E-state index contributed by atoms with van der Waals surface area (Å²) >= 11 is 5.76. The quantitative estimate of drug-likeness (QED) is 0.779. The third-order valence-corrected chi connectivity index (χ3v) is 2.83. The van der Waals surface area contributed by atoms with E-state index in [1.54, 1.807) is 31.2 Å². The number of amides is 1. The van der Waals surface area contributed by atoms with E-state index in [1.807, 2.05) is 0 Å². The van der Waals surface area contributed by atoms with Gasteiger partial charge in [-0.2, -0.15) is 0 Å². The summed E-state index contributed by atoms with van der Waals surface area (Å²) in [5.41, 5.74) is 0.413. The molecular formula is C14H16ClNO5. The maximum absolute atomic E-state index is 12.1. The molecule has 6 nitrogen and oxygen atoms in total. The first-order chi connectivity index (χ1) is 9.93. The smallest absolute Gasteiger partial charge is 0.323 e. The zero-order valence-electron chi connectivity index (χ0n) is 11.5. The van der Waals surface area contributed by atoms with Gasteiger partial charge in [0.1, 0.15) is 6.54 Å². The molecule has 0 fully saturated rings. The first-order valence-corrected chi connectivity index (χ1v) is 6.75. The number of carboxylic acid groups (broad SMARTS) is 1. The lowest BCUT2D eigenvalue weighted by Gasteiger charge is -2.20. The molecule has 1 rings (SSSR count). The maximum atomic E-state index is 12.1. The molecule has 114 valence electrons. The highest BCUT2D eigenvalue weighted by Crippen LogP contribution is 2.19. The number of carbonyl (C=O) groups is 3. The lowest BCUT2D eigenvalue weighted by Crippen LogP contribution is -2.35. The molecule has 0 bridgehead atoms. The Bertz CT molecular complexity index is 515. The van der Waals surface area contributed by atoms with Crippen molar-refractivity contribution in [1.82, 2.24) is 0 Å². The Labute approximate surface area is 127 Å². The molecule has 0 spiro atoms. The van der Waals surface area contributed by atoms with Crippen molar-refractivity contribution in [2.45, 2.75) is 19.8 Å². The van der Waals surface area contributed by atoms with Crippen molar-refractivity contribution in [3.63, 3.8) is 0 Å². The van der Waals surface area contributed by atoms with E-state index >= 15 is 0 Å². The number of nitrogens with zero attached hydrogens (tertiary/aromatic N) is 1. The van der Waals surface area contributed by atoms with E-state index in [0.29, 0.717) is 10.7 Å². The van der Waals surface area contributed by atoms with Gasteiger partial charge in [-0.3, -0.25) is 14.4 Å². The minimum Gasteiger partial charge on any atom is -0.480 e. The molecule has 1 amide bonds. The normalized spacial score (nSPS) is 10.0. The number of ether oxygens (including phenoxy) is 1. The average molecular weight is 314 g/mol. The van der Waals surface area contributed by atoms with Crippen LogP contribution in [0.4, 0.5) is 5.69 Å². The van der Waals surface area contributed by atoms with Crippen LogP contribution >= 0.6 is 11.6 Å². The van der Waals surface area contributed by atoms with E-state index in [1.165, 1.54) is 0 Å². The van der Waals surface area contributed by atoms with Gasteiger partial charge in [-0.1, -0.05) is 11.6 Å². The number of carbonyl (C=O) groups excluding carboxylic acids is 2. The zero-order valence-corrected chi connectivity index (χ0v) is 12.3. The molecule has 0 aliphatic carbocycles. The third kappa shape index (κ3) is 5.83. The van der Waals surface area contributed by atoms with Crippen LogP contribution in [0.1, 0.15) is 19.8 Å². The number of hydrogen-bond donors (Lipinski definition) is 1. The minimum atomic E-state index is -1.14. The van der Waals surface area contributed by atoms with Gasteiger partial charge < -0.3 is 14.7 Å². The highest BCUT2D eigenvalue weighted by molar-refractivity contribution is 6.30. The van der Waals surface area contributed by atoms with Gasteiger partial charge in [0.25, 0.3) is 0 Å². The van der Waals surface area contributed by atoms with Gasteiger partial charge in [-0.25, -0.2) is 0 Å². The second-order valence-corrected chi connectivity index (χ2v) is 4.59. The van der Waals surface area contributed by atoms with Crippen molar-refractivity contribution in [1.29, 1.82) is 0 Å². The number of carboxylic acids is 1. The molecule has 0 aromatic heterocycles. The average Bonchev–Trinajstić information content (AvgIpc) is 2.43. The van der Waals surface area contributed by atoms with E-state index in [4.69, 9.17) is 21.4 Å². The lowest BCUT2D eigenvalue weighted by atomic mass is 10.2. The highest BCUT2D eigenvalue weighted by atomic mass is 35.5. The SMILES string of the molecule is CCOC(=O)CCC(=O)N(CC(=O)O)c1ccc(Cl)cc1. The summed E-state index contributed by atoms with van der Waals surface area (Å²) < 4.78 is 4.73. The molecule has 0 aliphatic rings. The van der Waals surface area contributed by atoms with Crippen LogP contribution in [0.3, 0.4) is 0 Å². The zero-order chi connectivity index (χ0) is 15.8. The number of rotatable bonds is 7.